The van der Waals surface area contributed by atoms with Crippen molar-refractivity contribution in [2.45, 2.75) is 13.8 Å². The first-order valence-electron chi connectivity index (χ1n) is 6.44. The predicted octanol–water partition coefficient (Wildman–Crippen LogP) is 3.36. The van der Waals surface area contributed by atoms with E-state index in [1.54, 1.807) is 16.8 Å². The summed E-state index contributed by atoms with van der Waals surface area (Å²) in [5, 5.41) is 7.16. The number of nitrogens with one attached hydrogen (secondary N) is 1. The molecule has 5 nitrogen and oxygen atoms in total. The normalized spacial score (nSPS) is 10.8. The van der Waals surface area contributed by atoms with Crippen LogP contribution in [-0.4, -0.2) is 20.5 Å². The summed E-state index contributed by atoms with van der Waals surface area (Å²) in [6, 6.07) is 9.19. The van der Waals surface area contributed by atoms with Crippen LogP contribution in [0.1, 0.15) is 21.7 Å². The maximum absolute atomic E-state index is 12.3. The lowest BCUT2D eigenvalue weighted by molar-refractivity contribution is 0.102. The molecule has 0 fully saturated rings. The smallest absolute Gasteiger partial charge is 0.256 e. The minimum Gasteiger partial charge on any atom is -0.321 e. The summed E-state index contributed by atoms with van der Waals surface area (Å²) in [4.78, 5) is 16.6. The number of carbonyl (C=O) groups is 1. The van der Waals surface area contributed by atoms with E-state index in [2.05, 4.69) is 31.3 Å². The standard InChI is InChI=1S/C15H13BrN4O/c1-9-7-11(8-20-14(9)17-10(2)19-20)18-15(21)12-5-3-4-6-13(12)16/h3-8H,1-2H3,(H,18,21). The Labute approximate surface area is 130 Å². The number of aromatic nitrogens is 3. The summed E-state index contributed by atoms with van der Waals surface area (Å²) >= 11 is 3.38. The highest BCUT2D eigenvalue weighted by atomic mass is 79.9. The van der Waals surface area contributed by atoms with Crippen molar-refractivity contribution in [3.05, 3.63) is 58.0 Å². The number of amides is 1. The number of hydrogen-bond donors (Lipinski definition) is 1. The number of anilines is 1. The second-order valence-electron chi connectivity index (χ2n) is 4.77. The molecule has 3 aromatic rings. The topological polar surface area (TPSA) is 59.3 Å². The van der Waals surface area contributed by atoms with Crippen molar-refractivity contribution >= 4 is 33.2 Å². The number of halogens is 1. The van der Waals surface area contributed by atoms with Gasteiger partial charge in [-0.05, 0) is 53.5 Å². The zero-order chi connectivity index (χ0) is 15.0. The van der Waals surface area contributed by atoms with Gasteiger partial charge in [0.1, 0.15) is 5.82 Å². The minimum atomic E-state index is -0.168. The molecular formula is C15H13BrN4O. The van der Waals surface area contributed by atoms with E-state index in [0.29, 0.717) is 17.1 Å². The van der Waals surface area contributed by atoms with Crippen LogP contribution in [-0.2, 0) is 0 Å². The number of nitrogens with zero attached hydrogens (tertiary/aromatic N) is 3. The van der Waals surface area contributed by atoms with E-state index < -0.39 is 0 Å². The molecule has 0 atom stereocenters. The molecule has 1 amide bonds. The van der Waals surface area contributed by atoms with Crippen LogP contribution in [0, 0.1) is 13.8 Å². The van der Waals surface area contributed by atoms with Crippen molar-refractivity contribution in [2.24, 2.45) is 0 Å². The van der Waals surface area contributed by atoms with E-state index >= 15 is 0 Å². The van der Waals surface area contributed by atoms with Crippen LogP contribution in [0.2, 0.25) is 0 Å². The summed E-state index contributed by atoms with van der Waals surface area (Å²) in [5.41, 5.74) is 3.03. The quantitative estimate of drug-likeness (QED) is 0.775. The van der Waals surface area contributed by atoms with Gasteiger partial charge in [-0.3, -0.25) is 4.79 Å². The van der Waals surface area contributed by atoms with Gasteiger partial charge in [0.2, 0.25) is 0 Å². The average Bonchev–Trinajstić information content (AvgIpc) is 2.80. The summed E-state index contributed by atoms with van der Waals surface area (Å²) in [6.07, 6.45) is 1.76. The van der Waals surface area contributed by atoms with Gasteiger partial charge in [-0.2, -0.15) is 5.10 Å². The Morgan fingerprint density at radius 3 is 2.81 bits per heavy atom. The lowest BCUT2D eigenvalue weighted by Gasteiger charge is -2.08. The van der Waals surface area contributed by atoms with Crippen molar-refractivity contribution in [1.82, 2.24) is 14.6 Å². The number of aryl methyl sites for hydroxylation is 2. The summed E-state index contributed by atoms with van der Waals surface area (Å²) in [5.74, 6) is 0.533. The number of carbonyl (C=O) groups excluding carboxylic acids is 1. The molecule has 1 N–H and O–H groups in total. The molecule has 0 radical (unpaired) electrons. The Kier molecular flexibility index (Phi) is 3.47. The SMILES string of the molecule is Cc1nc2c(C)cc(NC(=O)c3ccccc3Br)cn2n1. The number of rotatable bonds is 2. The Hall–Kier alpha value is -2.21. The molecule has 106 valence electrons. The van der Waals surface area contributed by atoms with Gasteiger partial charge in [0.15, 0.2) is 5.65 Å². The fourth-order valence-electron chi connectivity index (χ4n) is 2.17. The molecule has 0 bridgehead atoms. The van der Waals surface area contributed by atoms with E-state index in [9.17, 15) is 4.79 Å². The molecule has 0 aliphatic rings. The largest absolute Gasteiger partial charge is 0.321 e. The van der Waals surface area contributed by atoms with E-state index in [1.807, 2.05) is 38.1 Å². The van der Waals surface area contributed by atoms with Crippen LogP contribution in [0.25, 0.3) is 5.65 Å². The third-order valence-electron chi connectivity index (χ3n) is 3.10. The molecule has 0 spiro atoms. The Balaban J connectivity index is 1.95. The molecule has 0 aliphatic carbocycles. The van der Waals surface area contributed by atoms with E-state index in [-0.39, 0.29) is 5.91 Å². The van der Waals surface area contributed by atoms with Crippen LogP contribution in [0.4, 0.5) is 5.69 Å². The zero-order valence-electron chi connectivity index (χ0n) is 11.6. The van der Waals surface area contributed by atoms with Gasteiger partial charge >= 0.3 is 0 Å². The predicted molar refractivity (Wildman–Crippen MR) is 84.6 cm³/mol. The minimum absolute atomic E-state index is 0.168. The number of benzene rings is 1. The maximum atomic E-state index is 12.3. The molecule has 21 heavy (non-hydrogen) atoms. The number of pyridine rings is 1. The van der Waals surface area contributed by atoms with Crippen molar-refractivity contribution in [3.63, 3.8) is 0 Å². The van der Waals surface area contributed by atoms with Crippen molar-refractivity contribution in [1.29, 1.82) is 0 Å². The second kappa shape index (κ2) is 5.29. The summed E-state index contributed by atoms with van der Waals surface area (Å²) in [6.45, 7) is 3.78. The summed E-state index contributed by atoms with van der Waals surface area (Å²) < 4.78 is 2.44. The highest BCUT2D eigenvalue weighted by molar-refractivity contribution is 9.10. The highest BCUT2D eigenvalue weighted by Crippen LogP contribution is 2.19. The third-order valence-corrected chi connectivity index (χ3v) is 3.79. The Morgan fingerprint density at radius 1 is 1.29 bits per heavy atom. The Morgan fingerprint density at radius 2 is 2.05 bits per heavy atom. The van der Waals surface area contributed by atoms with Gasteiger partial charge in [-0.1, -0.05) is 12.1 Å². The van der Waals surface area contributed by atoms with E-state index in [4.69, 9.17) is 0 Å². The molecule has 0 saturated heterocycles. The fourth-order valence-corrected chi connectivity index (χ4v) is 2.63. The van der Waals surface area contributed by atoms with Crippen LogP contribution < -0.4 is 5.32 Å². The second-order valence-corrected chi connectivity index (χ2v) is 5.63. The van der Waals surface area contributed by atoms with Gasteiger partial charge in [0.05, 0.1) is 17.4 Å². The van der Waals surface area contributed by atoms with Gasteiger partial charge in [-0.15, -0.1) is 0 Å². The molecule has 2 heterocycles. The van der Waals surface area contributed by atoms with Crippen molar-refractivity contribution in [2.75, 3.05) is 5.32 Å². The number of fused-ring (bicyclic) bond motifs is 1. The first-order valence-corrected chi connectivity index (χ1v) is 7.23. The van der Waals surface area contributed by atoms with E-state index in [0.717, 1.165) is 15.7 Å². The lowest BCUT2D eigenvalue weighted by atomic mass is 10.2. The Bertz CT molecular complexity index is 841. The first kappa shape index (κ1) is 13.8. The van der Waals surface area contributed by atoms with Crippen LogP contribution in [0.5, 0.6) is 0 Å². The molecule has 1 aromatic carbocycles. The molecule has 0 saturated carbocycles. The number of hydrogen-bond acceptors (Lipinski definition) is 3. The van der Waals surface area contributed by atoms with Crippen molar-refractivity contribution < 1.29 is 4.79 Å². The third kappa shape index (κ3) is 2.67. The summed E-state index contributed by atoms with van der Waals surface area (Å²) in [7, 11) is 0. The molecular weight excluding hydrogens is 332 g/mol. The highest BCUT2D eigenvalue weighted by Gasteiger charge is 2.11. The molecule has 0 unspecified atom stereocenters. The van der Waals surface area contributed by atoms with Gasteiger partial charge in [-0.25, -0.2) is 9.50 Å². The van der Waals surface area contributed by atoms with Crippen molar-refractivity contribution in [3.8, 4) is 0 Å². The first-order chi connectivity index (χ1) is 10.0. The van der Waals surface area contributed by atoms with Crippen LogP contribution in [0.3, 0.4) is 0 Å². The average molecular weight is 345 g/mol. The molecule has 6 heteroatoms. The fraction of sp³-hybridized carbons (Fsp3) is 0.133. The van der Waals surface area contributed by atoms with Gasteiger partial charge in [0, 0.05) is 4.47 Å². The maximum Gasteiger partial charge on any atom is 0.256 e. The zero-order valence-corrected chi connectivity index (χ0v) is 13.2. The van der Waals surface area contributed by atoms with Crippen LogP contribution in [0.15, 0.2) is 41.0 Å². The molecule has 2 aromatic heterocycles. The van der Waals surface area contributed by atoms with Gasteiger partial charge in [0.25, 0.3) is 5.91 Å². The molecule has 3 rings (SSSR count). The monoisotopic (exact) mass is 344 g/mol. The van der Waals surface area contributed by atoms with E-state index in [1.165, 1.54) is 0 Å². The molecule has 0 aliphatic heterocycles. The van der Waals surface area contributed by atoms with Gasteiger partial charge < -0.3 is 5.32 Å². The van der Waals surface area contributed by atoms with Crippen LogP contribution >= 0.6 is 15.9 Å². The lowest BCUT2D eigenvalue weighted by Crippen LogP contribution is -2.13.